The lowest BCUT2D eigenvalue weighted by molar-refractivity contribution is 1.41. The Morgan fingerprint density at radius 1 is 1.67 bits per heavy atom. The first kappa shape index (κ1) is 8.91. The Morgan fingerprint density at radius 3 is 2.78 bits per heavy atom. The third-order valence-corrected chi connectivity index (χ3v) is 2.13. The van der Waals surface area contributed by atoms with Crippen LogP contribution < -0.4 is 4.72 Å². The maximum absolute atomic E-state index is 7.15. The standard InChI is InChI=1S/C5H10N2S2/c1-3-4-7-9-5(6)8-2/h3-4,6-7H,1-2H3/b4-3-,6-5?. The molecule has 0 rings (SSSR count). The topological polar surface area (TPSA) is 35.9 Å². The maximum Gasteiger partial charge on any atom is 0.142 e. The fourth-order valence-electron chi connectivity index (χ4n) is 0.197. The van der Waals surface area contributed by atoms with Crippen LogP contribution in [0, 0.1) is 5.41 Å². The molecule has 0 radical (unpaired) electrons. The zero-order valence-corrected chi connectivity index (χ0v) is 7.10. The number of allylic oxidation sites excluding steroid dienone is 1. The van der Waals surface area contributed by atoms with E-state index in [4.69, 9.17) is 5.41 Å². The van der Waals surface area contributed by atoms with Gasteiger partial charge in [-0.2, -0.15) is 0 Å². The Balaban J connectivity index is 3.17. The smallest absolute Gasteiger partial charge is 0.142 e. The Kier molecular flexibility index (Phi) is 5.98. The molecule has 0 aromatic carbocycles. The van der Waals surface area contributed by atoms with E-state index in [9.17, 15) is 0 Å². The Hall–Kier alpha value is -0.0900. The summed E-state index contributed by atoms with van der Waals surface area (Å²) in [6.07, 6.45) is 5.57. The zero-order chi connectivity index (χ0) is 7.11. The first-order valence-electron chi connectivity index (χ1n) is 2.47. The maximum atomic E-state index is 7.15. The molecule has 2 N–H and O–H groups in total. The van der Waals surface area contributed by atoms with Gasteiger partial charge in [-0.3, -0.25) is 5.41 Å². The number of thioether (sulfide) groups is 1. The summed E-state index contributed by atoms with van der Waals surface area (Å²) < 4.78 is 3.45. The van der Waals surface area contributed by atoms with Gasteiger partial charge in [0.2, 0.25) is 0 Å². The Bertz CT molecular complexity index is 112. The van der Waals surface area contributed by atoms with Crippen LogP contribution >= 0.6 is 23.7 Å². The molecular weight excluding hydrogens is 152 g/mol. The van der Waals surface area contributed by atoms with Crippen molar-refractivity contribution in [2.75, 3.05) is 6.26 Å². The van der Waals surface area contributed by atoms with Crippen LogP contribution in [0.25, 0.3) is 0 Å². The van der Waals surface area contributed by atoms with Crippen molar-refractivity contribution in [3.63, 3.8) is 0 Å². The summed E-state index contributed by atoms with van der Waals surface area (Å²) in [7, 11) is 0. The molecule has 0 aromatic rings. The van der Waals surface area contributed by atoms with Gasteiger partial charge in [0, 0.05) is 18.1 Å². The van der Waals surface area contributed by atoms with E-state index in [0.29, 0.717) is 4.38 Å². The Labute approximate surface area is 64.1 Å². The number of nitrogens with one attached hydrogen (secondary N) is 2. The van der Waals surface area contributed by atoms with Crippen LogP contribution in [0.15, 0.2) is 12.3 Å². The fraction of sp³-hybridized carbons (Fsp3) is 0.400. The summed E-state index contributed by atoms with van der Waals surface area (Å²) in [5.41, 5.74) is 0. The summed E-state index contributed by atoms with van der Waals surface area (Å²) in [5.74, 6) is 0. The molecule has 0 amide bonds. The summed E-state index contributed by atoms with van der Waals surface area (Å²) in [5, 5.41) is 7.15. The summed E-state index contributed by atoms with van der Waals surface area (Å²) in [4.78, 5) is 0. The van der Waals surface area contributed by atoms with Crippen molar-refractivity contribution in [1.82, 2.24) is 4.72 Å². The predicted molar refractivity (Wildman–Crippen MR) is 46.8 cm³/mol. The van der Waals surface area contributed by atoms with Gasteiger partial charge in [-0.1, -0.05) is 6.08 Å². The second-order valence-corrected chi connectivity index (χ2v) is 3.13. The molecule has 0 saturated heterocycles. The van der Waals surface area contributed by atoms with Gasteiger partial charge in [0.15, 0.2) is 0 Å². The van der Waals surface area contributed by atoms with Crippen molar-refractivity contribution in [1.29, 1.82) is 5.41 Å². The van der Waals surface area contributed by atoms with Crippen molar-refractivity contribution in [3.05, 3.63) is 12.3 Å². The molecule has 0 spiro atoms. The van der Waals surface area contributed by atoms with Crippen molar-refractivity contribution in [2.45, 2.75) is 6.92 Å². The molecule has 0 atom stereocenters. The second-order valence-electron chi connectivity index (χ2n) is 1.21. The van der Waals surface area contributed by atoms with Crippen LogP contribution in [-0.4, -0.2) is 10.6 Å². The highest BCUT2D eigenvalue weighted by molar-refractivity contribution is 8.37. The minimum atomic E-state index is 0.577. The van der Waals surface area contributed by atoms with Gasteiger partial charge in [0.1, 0.15) is 4.38 Å². The van der Waals surface area contributed by atoms with Gasteiger partial charge in [-0.25, -0.2) is 0 Å². The quantitative estimate of drug-likeness (QED) is 0.370. The van der Waals surface area contributed by atoms with Crippen molar-refractivity contribution >= 4 is 28.1 Å². The fourth-order valence-corrected chi connectivity index (χ4v) is 0.986. The molecular formula is C5H10N2S2. The van der Waals surface area contributed by atoms with E-state index in [0.717, 1.165) is 0 Å². The second kappa shape index (κ2) is 6.04. The van der Waals surface area contributed by atoms with E-state index < -0.39 is 0 Å². The lowest BCUT2D eigenvalue weighted by Gasteiger charge is -1.95. The van der Waals surface area contributed by atoms with Crippen LogP contribution in [0.5, 0.6) is 0 Å². The molecule has 0 saturated carbocycles. The summed E-state index contributed by atoms with van der Waals surface area (Å²) in [6, 6.07) is 0. The molecule has 9 heavy (non-hydrogen) atoms. The molecule has 0 unspecified atom stereocenters. The molecule has 0 fully saturated rings. The van der Waals surface area contributed by atoms with Crippen LogP contribution in [0.2, 0.25) is 0 Å². The van der Waals surface area contributed by atoms with E-state index in [2.05, 4.69) is 4.72 Å². The van der Waals surface area contributed by atoms with E-state index in [-0.39, 0.29) is 0 Å². The van der Waals surface area contributed by atoms with Gasteiger partial charge >= 0.3 is 0 Å². The molecule has 0 aliphatic rings. The third kappa shape index (κ3) is 5.79. The van der Waals surface area contributed by atoms with Gasteiger partial charge in [0.25, 0.3) is 0 Å². The van der Waals surface area contributed by atoms with Crippen LogP contribution in [0.1, 0.15) is 6.92 Å². The molecule has 2 nitrogen and oxygen atoms in total. The molecule has 0 aliphatic heterocycles. The van der Waals surface area contributed by atoms with Gasteiger partial charge < -0.3 is 4.72 Å². The number of hydrogen-bond acceptors (Lipinski definition) is 4. The highest BCUT2D eigenvalue weighted by Crippen LogP contribution is 2.07. The third-order valence-electron chi connectivity index (χ3n) is 0.572. The lowest BCUT2D eigenvalue weighted by atomic mass is 10.7. The van der Waals surface area contributed by atoms with Crippen LogP contribution in [0.3, 0.4) is 0 Å². The summed E-state index contributed by atoms with van der Waals surface area (Å²) >= 11 is 2.74. The van der Waals surface area contributed by atoms with Gasteiger partial charge in [-0.05, 0) is 13.2 Å². The van der Waals surface area contributed by atoms with Crippen molar-refractivity contribution in [3.8, 4) is 0 Å². The first-order chi connectivity index (χ1) is 4.31. The highest BCUT2D eigenvalue weighted by atomic mass is 32.2. The first-order valence-corrected chi connectivity index (χ1v) is 4.51. The van der Waals surface area contributed by atoms with Gasteiger partial charge in [-0.15, -0.1) is 11.8 Å². The normalized spacial score (nSPS) is 10.0. The summed E-state index contributed by atoms with van der Waals surface area (Å²) in [6.45, 7) is 1.93. The minimum Gasteiger partial charge on any atom is -0.331 e. The molecule has 4 heteroatoms. The molecule has 52 valence electrons. The monoisotopic (exact) mass is 162 g/mol. The van der Waals surface area contributed by atoms with E-state index in [1.165, 1.54) is 23.7 Å². The minimum absolute atomic E-state index is 0.577. The van der Waals surface area contributed by atoms with E-state index in [1.807, 2.05) is 19.3 Å². The lowest BCUT2D eigenvalue weighted by Crippen LogP contribution is -1.94. The Morgan fingerprint density at radius 2 is 2.33 bits per heavy atom. The molecule has 0 aliphatic carbocycles. The predicted octanol–water partition coefficient (Wildman–Crippen LogP) is 2.06. The largest absolute Gasteiger partial charge is 0.331 e. The highest BCUT2D eigenvalue weighted by Gasteiger charge is 1.88. The van der Waals surface area contributed by atoms with Crippen molar-refractivity contribution in [2.24, 2.45) is 0 Å². The zero-order valence-electron chi connectivity index (χ0n) is 5.47. The number of rotatable bonds is 2. The average molecular weight is 162 g/mol. The van der Waals surface area contributed by atoms with Gasteiger partial charge in [0.05, 0.1) is 0 Å². The SMILES string of the molecule is C/C=C\NSC(=N)SC. The van der Waals surface area contributed by atoms with Crippen LogP contribution in [0.4, 0.5) is 0 Å². The molecule has 0 aromatic heterocycles. The number of hydrogen-bond donors (Lipinski definition) is 2. The van der Waals surface area contributed by atoms with Crippen LogP contribution in [-0.2, 0) is 0 Å². The van der Waals surface area contributed by atoms with E-state index >= 15 is 0 Å². The average Bonchev–Trinajstić information content (AvgIpc) is 1.89. The van der Waals surface area contributed by atoms with E-state index in [1.54, 1.807) is 6.20 Å². The van der Waals surface area contributed by atoms with Crippen molar-refractivity contribution < 1.29 is 0 Å². The molecule has 0 heterocycles. The molecule has 0 bridgehead atoms.